The lowest BCUT2D eigenvalue weighted by Crippen LogP contribution is -2.27. The van der Waals surface area contributed by atoms with E-state index in [9.17, 15) is 18.0 Å². The zero-order chi connectivity index (χ0) is 14.9. The summed E-state index contributed by atoms with van der Waals surface area (Å²) in [6, 6.07) is 1.17. The van der Waals surface area contributed by atoms with E-state index in [-0.39, 0.29) is 29.6 Å². The number of carboxylic acid groups (broad SMARTS) is 1. The molecule has 1 amide bonds. The second kappa shape index (κ2) is 5.25. The van der Waals surface area contributed by atoms with Crippen LogP contribution in [0.4, 0.5) is 0 Å². The van der Waals surface area contributed by atoms with Gasteiger partial charge >= 0.3 is 5.97 Å². The van der Waals surface area contributed by atoms with Gasteiger partial charge in [-0.3, -0.25) is 4.79 Å². The molecule has 0 unspecified atom stereocenters. The predicted octanol–water partition coefficient (Wildman–Crippen LogP) is -0.325. The highest BCUT2D eigenvalue weighted by Crippen LogP contribution is 2.37. The molecule has 0 aromatic carbocycles. The van der Waals surface area contributed by atoms with Gasteiger partial charge in [0.2, 0.25) is 15.9 Å². The fourth-order valence-corrected chi connectivity index (χ4v) is 2.88. The third kappa shape index (κ3) is 3.17. The molecule has 8 nitrogen and oxygen atoms in total. The monoisotopic (exact) mass is 301 g/mol. The van der Waals surface area contributed by atoms with E-state index in [0.717, 1.165) is 18.9 Å². The number of carbonyl (C=O) groups excluding carboxylic acids is 1. The van der Waals surface area contributed by atoms with E-state index in [0.29, 0.717) is 0 Å². The smallest absolute Gasteiger partial charge is 0.352 e. The number of primary amides is 1. The van der Waals surface area contributed by atoms with E-state index in [1.165, 1.54) is 10.8 Å². The number of carbonyl (C=O) groups is 2. The Kier molecular flexibility index (Phi) is 3.82. The average molecular weight is 301 g/mol. The van der Waals surface area contributed by atoms with Crippen LogP contribution in [0.15, 0.2) is 17.2 Å². The van der Waals surface area contributed by atoms with E-state index >= 15 is 0 Å². The van der Waals surface area contributed by atoms with Gasteiger partial charge in [-0.2, -0.15) is 0 Å². The largest absolute Gasteiger partial charge is 0.477 e. The number of carboxylic acids is 1. The molecule has 1 aliphatic rings. The van der Waals surface area contributed by atoms with Crippen molar-refractivity contribution in [3.05, 3.63) is 18.0 Å². The van der Waals surface area contributed by atoms with Crippen LogP contribution in [-0.4, -0.2) is 36.5 Å². The van der Waals surface area contributed by atoms with Crippen LogP contribution in [-0.2, 0) is 14.8 Å². The molecular formula is C11H15N3O5S. The Morgan fingerprint density at radius 3 is 2.60 bits per heavy atom. The first-order valence-corrected chi connectivity index (χ1v) is 7.52. The number of nitrogens with zero attached hydrogens (tertiary/aromatic N) is 1. The first kappa shape index (κ1) is 14.5. The van der Waals surface area contributed by atoms with Gasteiger partial charge in [-0.15, -0.1) is 0 Å². The first-order chi connectivity index (χ1) is 9.31. The van der Waals surface area contributed by atoms with Gasteiger partial charge in [-0.25, -0.2) is 17.9 Å². The molecule has 110 valence electrons. The standard InChI is InChI=1S/C11H15N3O5S/c12-10(15)3-4-13-20(18,19)8-5-9(11(16)17)14(6-8)7-1-2-7/h5-7,13H,1-4H2,(H2,12,15)(H,16,17). The molecule has 1 heterocycles. The molecule has 0 saturated heterocycles. The van der Waals surface area contributed by atoms with Gasteiger partial charge in [0.1, 0.15) is 10.6 Å². The molecule has 1 fully saturated rings. The van der Waals surface area contributed by atoms with Gasteiger partial charge in [0.15, 0.2) is 0 Å². The second-order valence-electron chi connectivity index (χ2n) is 4.62. The van der Waals surface area contributed by atoms with Crippen LogP contribution in [0.5, 0.6) is 0 Å². The SMILES string of the molecule is NC(=O)CCNS(=O)(=O)c1cc(C(=O)O)n(C2CC2)c1. The maximum atomic E-state index is 12.0. The Labute approximate surface area is 115 Å². The van der Waals surface area contributed by atoms with Crippen molar-refractivity contribution in [2.45, 2.75) is 30.2 Å². The number of amides is 1. The molecule has 0 aliphatic heterocycles. The van der Waals surface area contributed by atoms with Crippen molar-refractivity contribution in [1.82, 2.24) is 9.29 Å². The van der Waals surface area contributed by atoms with Crippen LogP contribution < -0.4 is 10.5 Å². The van der Waals surface area contributed by atoms with Gasteiger partial charge in [0.05, 0.1) is 0 Å². The Morgan fingerprint density at radius 2 is 2.10 bits per heavy atom. The number of nitrogens with two attached hydrogens (primary N) is 1. The summed E-state index contributed by atoms with van der Waals surface area (Å²) >= 11 is 0. The molecule has 9 heteroatoms. The van der Waals surface area contributed by atoms with E-state index in [1.54, 1.807) is 0 Å². The Bertz CT molecular complexity index is 645. The van der Waals surface area contributed by atoms with Crippen molar-refractivity contribution in [3.63, 3.8) is 0 Å². The second-order valence-corrected chi connectivity index (χ2v) is 6.39. The van der Waals surface area contributed by atoms with E-state index in [4.69, 9.17) is 10.8 Å². The zero-order valence-electron chi connectivity index (χ0n) is 10.6. The molecule has 0 atom stereocenters. The van der Waals surface area contributed by atoms with E-state index < -0.39 is 21.9 Å². The minimum Gasteiger partial charge on any atom is -0.477 e. The van der Waals surface area contributed by atoms with Crippen LogP contribution in [0, 0.1) is 0 Å². The summed E-state index contributed by atoms with van der Waals surface area (Å²) in [7, 11) is -3.84. The fourth-order valence-electron chi connectivity index (χ4n) is 1.82. The molecule has 1 aromatic heterocycles. The van der Waals surface area contributed by atoms with Crippen molar-refractivity contribution in [1.29, 1.82) is 0 Å². The van der Waals surface area contributed by atoms with Crippen molar-refractivity contribution in [2.75, 3.05) is 6.54 Å². The summed E-state index contributed by atoms with van der Waals surface area (Å²) in [6.45, 7) is -0.116. The Balaban J connectivity index is 2.21. The molecule has 2 rings (SSSR count). The lowest BCUT2D eigenvalue weighted by atomic mass is 10.4. The summed E-state index contributed by atoms with van der Waals surface area (Å²) < 4.78 is 27.6. The van der Waals surface area contributed by atoms with Crippen LogP contribution in [0.2, 0.25) is 0 Å². The maximum Gasteiger partial charge on any atom is 0.352 e. The maximum absolute atomic E-state index is 12.0. The highest BCUT2D eigenvalue weighted by atomic mass is 32.2. The molecule has 1 aliphatic carbocycles. The summed E-state index contributed by atoms with van der Waals surface area (Å²) in [4.78, 5) is 21.6. The van der Waals surface area contributed by atoms with E-state index in [2.05, 4.69) is 4.72 Å². The highest BCUT2D eigenvalue weighted by Gasteiger charge is 2.30. The summed E-state index contributed by atoms with van der Waals surface area (Å²) in [5, 5.41) is 9.07. The Morgan fingerprint density at radius 1 is 1.45 bits per heavy atom. The fraction of sp³-hybridized carbons (Fsp3) is 0.455. The number of hydrogen-bond donors (Lipinski definition) is 3. The summed E-state index contributed by atoms with van der Waals surface area (Å²) in [5.74, 6) is -1.79. The third-order valence-corrected chi connectivity index (χ3v) is 4.38. The molecule has 1 saturated carbocycles. The van der Waals surface area contributed by atoms with Crippen LogP contribution in [0.25, 0.3) is 0 Å². The van der Waals surface area contributed by atoms with Crippen LogP contribution >= 0.6 is 0 Å². The normalized spacial score (nSPS) is 15.2. The highest BCUT2D eigenvalue weighted by molar-refractivity contribution is 7.89. The predicted molar refractivity (Wildman–Crippen MR) is 68.7 cm³/mol. The lowest BCUT2D eigenvalue weighted by molar-refractivity contribution is -0.117. The number of hydrogen-bond acceptors (Lipinski definition) is 4. The third-order valence-electron chi connectivity index (χ3n) is 2.96. The number of sulfonamides is 1. The van der Waals surface area contributed by atoms with Gasteiger partial charge < -0.3 is 15.4 Å². The Hall–Kier alpha value is -1.87. The van der Waals surface area contributed by atoms with Crippen molar-refractivity contribution in [3.8, 4) is 0 Å². The van der Waals surface area contributed by atoms with Gasteiger partial charge in [0.25, 0.3) is 0 Å². The molecule has 1 aromatic rings. The first-order valence-electron chi connectivity index (χ1n) is 6.04. The topological polar surface area (TPSA) is 131 Å². The van der Waals surface area contributed by atoms with Gasteiger partial charge in [0, 0.05) is 25.2 Å². The molecular weight excluding hydrogens is 286 g/mol. The number of nitrogens with one attached hydrogen (secondary N) is 1. The number of aromatic carboxylic acids is 1. The molecule has 0 spiro atoms. The zero-order valence-corrected chi connectivity index (χ0v) is 11.4. The van der Waals surface area contributed by atoms with Crippen LogP contribution in [0.1, 0.15) is 35.8 Å². The summed E-state index contributed by atoms with van der Waals surface area (Å²) in [5.41, 5.74) is 4.87. The number of aromatic nitrogens is 1. The quantitative estimate of drug-likeness (QED) is 0.634. The molecule has 20 heavy (non-hydrogen) atoms. The van der Waals surface area contributed by atoms with Gasteiger partial charge in [-0.1, -0.05) is 0 Å². The molecule has 0 radical (unpaired) electrons. The minimum atomic E-state index is -3.84. The average Bonchev–Trinajstić information content (AvgIpc) is 3.06. The van der Waals surface area contributed by atoms with Crippen molar-refractivity contribution >= 4 is 21.9 Å². The van der Waals surface area contributed by atoms with Crippen molar-refractivity contribution < 1.29 is 23.1 Å². The lowest BCUT2D eigenvalue weighted by Gasteiger charge is -2.03. The van der Waals surface area contributed by atoms with Crippen LogP contribution in [0.3, 0.4) is 0 Å². The molecule has 0 bridgehead atoms. The van der Waals surface area contributed by atoms with Crippen molar-refractivity contribution in [2.24, 2.45) is 5.73 Å². The minimum absolute atomic E-state index is 0.0515. The molecule has 4 N–H and O–H groups in total. The van der Waals surface area contributed by atoms with Gasteiger partial charge in [-0.05, 0) is 18.9 Å². The number of rotatable bonds is 7. The van der Waals surface area contributed by atoms with E-state index in [1.807, 2.05) is 0 Å². The summed E-state index contributed by atoms with van der Waals surface area (Å²) in [6.07, 6.45) is 2.87.